The summed E-state index contributed by atoms with van der Waals surface area (Å²) >= 11 is 0. The van der Waals surface area contributed by atoms with Gasteiger partial charge in [-0.25, -0.2) is 0 Å². The standard InChI is InChI=1S/C17H28N2/c1-3-17(13-18,12-15-7-5-4-6-8-15)19-16-10-9-14(2)11-16/h4-8,14,16,19H,3,9-13,18H2,1-2H3. The molecule has 1 aliphatic carbocycles. The minimum atomic E-state index is 0.0656. The van der Waals surface area contributed by atoms with Crippen LogP contribution < -0.4 is 11.1 Å². The molecule has 0 saturated heterocycles. The molecule has 1 saturated carbocycles. The molecule has 0 radical (unpaired) electrons. The quantitative estimate of drug-likeness (QED) is 0.825. The summed E-state index contributed by atoms with van der Waals surface area (Å²) in [4.78, 5) is 0. The first kappa shape index (κ1) is 14.5. The molecular formula is C17H28N2. The summed E-state index contributed by atoms with van der Waals surface area (Å²) in [5.41, 5.74) is 7.56. The predicted octanol–water partition coefficient (Wildman–Crippen LogP) is 3.11. The van der Waals surface area contributed by atoms with Crippen LogP contribution in [-0.4, -0.2) is 18.1 Å². The zero-order valence-corrected chi connectivity index (χ0v) is 12.4. The van der Waals surface area contributed by atoms with Gasteiger partial charge in [-0.15, -0.1) is 0 Å². The van der Waals surface area contributed by atoms with Gasteiger partial charge in [0.2, 0.25) is 0 Å². The second-order valence-corrected chi connectivity index (χ2v) is 6.26. The Morgan fingerprint density at radius 3 is 2.53 bits per heavy atom. The molecule has 0 bridgehead atoms. The largest absolute Gasteiger partial charge is 0.329 e. The van der Waals surface area contributed by atoms with Crippen molar-refractivity contribution in [3.63, 3.8) is 0 Å². The third kappa shape index (κ3) is 3.80. The first-order valence-electron chi connectivity index (χ1n) is 7.69. The maximum Gasteiger partial charge on any atom is 0.0344 e. The summed E-state index contributed by atoms with van der Waals surface area (Å²) in [6.45, 7) is 5.32. The number of benzene rings is 1. The van der Waals surface area contributed by atoms with Gasteiger partial charge in [0.25, 0.3) is 0 Å². The lowest BCUT2D eigenvalue weighted by Gasteiger charge is -2.36. The van der Waals surface area contributed by atoms with E-state index in [0.717, 1.165) is 18.8 Å². The SMILES string of the molecule is CCC(CN)(Cc1ccccc1)NC1CCC(C)C1. The van der Waals surface area contributed by atoms with E-state index in [1.165, 1.54) is 24.8 Å². The Labute approximate surface area is 117 Å². The Hall–Kier alpha value is -0.860. The van der Waals surface area contributed by atoms with E-state index in [4.69, 9.17) is 5.73 Å². The number of hydrogen-bond donors (Lipinski definition) is 2. The van der Waals surface area contributed by atoms with E-state index in [9.17, 15) is 0 Å². The summed E-state index contributed by atoms with van der Waals surface area (Å²) in [5.74, 6) is 0.863. The maximum atomic E-state index is 6.12. The van der Waals surface area contributed by atoms with Crippen molar-refractivity contribution in [3.05, 3.63) is 35.9 Å². The molecule has 3 atom stereocenters. The fourth-order valence-corrected chi connectivity index (χ4v) is 3.31. The average Bonchev–Trinajstić information content (AvgIpc) is 2.84. The van der Waals surface area contributed by atoms with Crippen molar-refractivity contribution in [1.82, 2.24) is 5.32 Å². The van der Waals surface area contributed by atoms with Crippen LogP contribution in [0.2, 0.25) is 0 Å². The van der Waals surface area contributed by atoms with Gasteiger partial charge in [-0.05, 0) is 43.6 Å². The van der Waals surface area contributed by atoms with Gasteiger partial charge in [0.1, 0.15) is 0 Å². The van der Waals surface area contributed by atoms with Crippen molar-refractivity contribution in [2.45, 2.75) is 57.5 Å². The Bertz CT molecular complexity index is 370. The van der Waals surface area contributed by atoms with E-state index in [-0.39, 0.29) is 5.54 Å². The maximum absolute atomic E-state index is 6.12. The topological polar surface area (TPSA) is 38.0 Å². The van der Waals surface area contributed by atoms with Crippen LogP contribution in [0.25, 0.3) is 0 Å². The van der Waals surface area contributed by atoms with Crippen LogP contribution in [0.15, 0.2) is 30.3 Å². The Morgan fingerprint density at radius 2 is 2.00 bits per heavy atom. The summed E-state index contributed by atoms with van der Waals surface area (Å²) in [5, 5.41) is 3.88. The van der Waals surface area contributed by atoms with Gasteiger partial charge in [-0.3, -0.25) is 0 Å². The molecule has 1 aromatic carbocycles. The first-order chi connectivity index (χ1) is 9.17. The zero-order valence-electron chi connectivity index (χ0n) is 12.4. The second kappa shape index (κ2) is 6.53. The van der Waals surface area contributed by atoms with E-state index in [1.54, 1.807) is 0 Å². The third-order valence-corrected chi connectivity index (χ3v) is 4.66. The van der Waals surface area contributed by atoms with Crippen LogP contribution in [0.5, 0.6) is 0 Å². The van der Waals surface area contributed by atoms with Crippen molar-refractivity contribution in [2.75, 3.05) is 6.54 Å². The minimum Gasteiger partial charge on any atom is -0.329 e. The molecule has 0 amide bonds. The van der Waals surface area contributed by atoms with Gasteiger partial charge in [0.05, 0.1) is 0 Å². The molecule has 1 aromatic rings. The first-order valence-corrected chi connectivity index (χ1v) is 7.69. The summed E-state index contributed by atoms with van der Waals surface area (Å²) < 4.78 is 0. The van der Waals surface area contributed by atoms with Crippen LogP contribution in [0.3, 0.4) is 0 Å². The van der Waals surface area contributed by atoms with Gasteiger partial charge < -0.3 is 11.1 Å². The molecule has 3 unspecified atom stereocenters. The fraction of sp³-hybridized carbons (Fsp3) is 0.647. The highest BCUT2D eigenvalue weighted by Crippen LogP contribution is 2.28. The molecule has 2 nitrogen and oxygen atoms in total. The third-order valence-electron chi connectivity index (χ3n) is 4.66. The predicted molar refractivity (Wildman–Crippen MR) is 82.2 cm³/mol. The molecule has 19 heavy (non-hydrogen) atoms. The van der Waals surface area contributed by atoms with Gasteiger partial charge in [-0.2, -0.15) is 0 Å². The van der Waals surface area contributed by atoms with Crippen molar-refractivity contribution in [1.29, 1.82) is 0 Å². The van der Waals surface area contributed by atoms with Gasteiger partial charge in [0.15, 0.2) is 0 Å². The van der Waals surface area contributed by atoms with E-state index in [1.807, 2.05) is 0 Å². The molecule has 0 aliphatic heterocycles. The molecule has 0 heterocycles. The molecule has 2 rings (SSSR count). The van der Waals surface area contributed by atoms with E-state index < -0.39 is 0 Å². The number of hydrogen-bond acceptors (Lipinski definition) is 2. The molecule has 0 spiro atoms. The number of nitrogens with one attached hydrogen (secondary N) is 1. The molecule has 3 N–H and O–H groups in total. The molecular weight excluding hydrogens is 232 g/mol. The normalized spacial score (nSPS) is 26.3. The Morgan fingerprint density at radius 1 is 1.26 bits per heavy atom. The minimum absolute atomic E-state index is 0.0656. The summed E-state index contributed by atoms with van der Waals surface area (Å²) in [6, 6.07) is 11.4. The molecule has 2 heteroatoms. The van der Waals surface area contributed by atoms with Crippen molar-refractivity contribution in [3.8, 4) is 0 Å². The Kier molecular flexibility index (Phi) is 5.00. The molecule has 1 aliphatic rings. The van der Waals surface area contributed by atoms with E-state index >= 15 is 0 Å². The summed E-state index contributed by atoms with van der Waals surface area (Å²) in [7, 11) is 0. The number of nitrogens with two attached hydrogens (primary N) is 1. The van der Waals surface area contributed by atoms with Crippen LogP contribution in [0.4, 0.5) is 0 Å². The highest BCUT2D eigenvalue weighted by Gasteiger charge is 2.32. The van der Waals surface area contributed by atoms with Crippen molar-refractivity contribution in [2.24, 2.45) is 11.7 Å². The van der Waals surface area contributed by atoms with Gasteiger partial charge in [-0.1, -0.05) is 44.2 Å². The lowest BCUT2D eigenvalue weighted by Crippen LogP contribution is -2.55. The van der Waals surface area contributed by atoms with E-state index in [2.05, 4.69) is 49.5 Å². The smallest absolute Gasteiger partial charge is 0.0344 e. The van der Waals surface area contributed by atoms with Crippen LogP contribution >= 0.6 is 0 Å². The lowest BCUT2D eigenvalue weighted by atomic mass is 9.87. The Balaban J connectivity index is 2.04. The highest BCUT2D eigenvalue weighted by atomic mass is 15.0. The van der Waals surface area contributed by atoms with Crippen LogP contribution in [0, 0.1) is 5.92 Å². The monoisotopic (exact) mass is 260 g/mol. The van der Waals surface area contributed by atoms with E-state index in [0.29, 0.717) is 12.6 Å². The zero-order chi connectivity index (χ0) is 13.7. The molecule has 106 valence electrons. The number of rotatable bonds is 6. The molecule has 0 aromatic heterocycles. The summed E-state index contributed by atoms with van der Waals surface area (Å²) in [6.07, 6.45) is 6.08. The average molecular weight is 260 g/mol. The molecule has 1 fully saturated rings. The highest BCUT2D eigenvalue weighted by molar-refractivity contribution is 5.18. The second-order valence-electron chi connectivity index (χ2n) is 6.26. The van der Waals surface area contributed by atoms with Gasteiger partial charge in [0, 0.05) is 18.1 Å². The van der Waals surface area contributed by atoms with Crippen molar-refractivity contribution < 1.29 is 0 Å². The van der Waals surface area contributed by atoms with Crippen LogP contribution in [-0.2, 0) is 6.42 Å². The van der Waals surface area contributed by atoms with Crippen LogP contribution in [0.1, 0.15) is 45.1 Å². The lowest BCUT2D eigenvalue weighted by molar-refractivity contribution is 0.276. The fourth-order valence-electron chi connectivity index (χ4n) is 3.31. The van der Waals surface area contributed by atoms with Crippen molar-refractivity contribution >= 4 is 0 Å². The van der Waals surface area contributed by atoms with Gasteiger partial charge >= 0.3 is 0 Å².